The number of anilines is 1. The summed E-state index contributed by atoms with van der Waals surface area (Å²) in [5.41, 5.74) is 1.17. The van der Waals surface area contributed by atoms with Crippen LogP contribution in [0.5, 0.6) is 0 Å². The maximum atomic E-state index is 10.9. The first-order valence-electron chi connectivity index (χ1n) is 5.40. The number of thioether (sulfide) groups is 1. The van der Waals surface area contributed by atoms with Crippen LogP contribution in [0, 0.1) is 0 Å². The number of hydrogen-bond donors (Lipinski definition) is 1. The fourth-order valence-corrected chi connectivity index (χ4v) is 3.96. The van der Waals surface area contributed by atoms with Gasteiger partial charge in [-0.2, -0.15) is 0 Å². The quantitative estimate of drug-likeness (QED) is 0.909. The van der Waals surface area contributed by atoms with Gasteiger partial charge in [-0.15, -0.1) is 11.8 Å². The third-order valence-electron chi connectivity index (χ3n) is 3.10. The van der Waals surface area contributed by atoms with Gasteiger partial charge in [0.1, 0.15) is 0 Å². The molecule has 0 bridgehead atoms. The van der Waals surface area contributed by atoms with Gasteiger partial charge in [-0.3, -0.25) is 4.79 Å². The van der Waals surface area contributed by atoms with E-state index in [-0.39, 0.29) is 17.7 Å². The third-order valence-corrected chi connectivity index (χ3v) is 5.04. The maximum absolute atomic E-state index is 10.9. The number of nitrogens with zero attached hydrogens (tertiary/aromatic N) is 1. The second-order valence-electron chi connectivity index (χ2n) is 4.22. The number of fused-ring (bicyclic) bond motifs is 1. The molecule has 0 aromatic heterocycles. The summed E-state index contributed by atoms with van der Waals surface area (Å²) in [5, 5.41) is 9.03. The summed E-state index contributed by atoms with van der Waals surface area (Å²) in [6.45, 7) is 2.07. The van der Waals surface area contributed by atoms with Crippen LogP contribution >= 0.6 is 27.7 Å². The monoisotopic (exact) mass is 315 g/mol. The molecule has 0 spiro atoms. The molecule has 92 valence electrons. The van der Waals surface area contributed by atoms with Crippen molar-refractivity contribution in [3.8, 4) is 0 Å². The van der Waals surface area contributed by atoms with E-state index in [1.165, 1.54) is 5.69 Å². The zero-order chi connectivity index (χ0) is 12.6. The van der Waals surface area contributed by atoms with E-state index < -0.39 is 5.97 Å². The van der Waals surface area contributed by atoms with E-state index in [9.17, 15) is 4.79 Å². The summed E-state index contributed by atoms with van der Waals surface area (Å²) in [6, 6.07) is 6.36. The lowest BCUT2D eigenvalue weighted by molar-refractivity contribution is -0.137. The van der Waals surface area contributed by atoms with Crippen LogP contribution in [0.3, 0.4) is 0 Å². The van der Waals surface area contributed by atoms with Crippen molar-refractivity contribution in [1.29, 1.82) is 0 Å². The molecule has 1 aromatic carbocycles. The lowest BCUT2D eigenvalue weighted by Crippen LogP contribution is -2.41. The Hall–Kier alpha value is -0.680. The summed E-state index contributed by atoms with van der Waals surface area (Å²) in [5.74, 6) is -0.735. The highest BCUT2D eigenvalue weighted by Gasteiger charge is 2.31. The van der Waals surface area contributed by atoms with E-state index in [2.05, 4.69) is 39.9 Å². The second kappa shape index (κ2) is 4.90. The molecule has 5 heteroatoms. The highest BCUT2D eigenvalue weighted by Crippen LogP contribution is 2.43. The van der Waals surface area contributed by atoms with Crippen LogP contribution in [0.15, 0.2) is 27.6 Å². The summed E-state index contributed by atoms with van der Waals surface area (Å²) < 4.78 is 1.03. The van der Waals surface area contributed by atoms with Crippen LogP contribution in [0.25, 0.3) is 0 Å². The maximum Gasteiger partial charge on any atom is 0.304 e. The van der Waals surface area contributed by atoms with Crippen LogP contribution in [-0.2, 0) is 4.79 Å². The lowest BCUT2D eigenvalue weighted by atomic mass is 10.1. The predicted octanol–water partition coefficient (Wildman–Crippen LogP) is 3.22. The molecule has 0 amide bonds. The highest BCUT2D eigenvalue weighted by atomic mass is 79.9. The molecule has 0 saturated carbocycles. The van der Waals surface area contributed by atoms with Crippen LogP contribution in [-0.4, -0.2) is 29.4 Å². The van der Waals surface area contributed by atoms with Gasteiger partial charge in [0.2, 0.25) is 0 Å². The Balaban J connectivity index is 2.32. The molecule has 0 radical (unpaired) electrons. The van der Waals surface area contributed by atoms with Crippen LogP contribution in [0.2, 0.25) is 0 Å². The van der Waals surface area contributed by atoms with Crippen molar-refractivity contribution < 1.29 is 9.90 Å². The van der Waals surface area contributed by atoms with E-state index in [0.717, 1.165) is 9.37 Å². The van der Waals surface area contributed by atoms with Gasteiger partial charge in [-0.25, -0.2) is 0 Å². The third kappa shape index (κ3) is 2.60. The largest absolute Gasteiger partial charge is 0.481 e. The molecule has 1 N–H and O–H groups in total. The molecule has 1 aliphatic heterocycles. The molecule has 0 saturated heterocycles. The molecule has 1 aliphatic rings. The van der Waals surface area contributed by atoms with Crippen LogP contribution in [0.1, 0.15) is 13.3 Å². The topological polar surface area (TPSA) is 40.5 Å². The molecule has 2 rings (SSSR count). The van der Waals surface area contributed by atoms with Gasteiger partial charge in [0.25, 0.3) is 0 Å². The first kappa shape index (κ1) is 12.8. The summed E-state index contributed by atoms with van der Waals surface area (Å²) in [4.78, 5) is 14.2. The summed E-state index contributed by atoms with van der Waals surface area (Å²) in [7, 11) is 2.02. The minimum absolute atomic E-state index is 0.0966. The van der Waals surface area contributed by atoms with Crippen molar-refractivity contribution in [3.05, 3.63) is 22.7 Å². The minimum Gasteiger partial charge on any atom is -0.481 e. The predicted molar refractivity (Wildman–Crippen MR) is 73.9 cm³/mol. The molecule has 3 nitrogen and oxygen atoms in total. The summed E-state index contributed by atoms with van der Waals surface area (Å²) in [6.07, 6.45) is 0.197. The van der Waals surface area contributed by atoms with Gasteiger partial charge in [0.15, 0.2) is 0 Å². The Labute approximate surface area is 113 Å². The van der Waals surface area contributed by atoms with Crippen molar-refractivity contribution in [1.82, 2.24) is 0 Å². The van der Waals surface area contributed by atoms with Gasteiger partial charge in [0, 0.05) is 27.7 Å². The van der Waals surface area contributed by atoms with Crippen molar-refractivity contribution in [3.63, 3.8) is 0 Å². The van der Waals surface area contributed by atoms with Crippen molar-refractivity contribution in [2.45, 2.75) is 29.5 Å². The van der Waals surface area contributed by atoms with E-state index in [0.29, 0.717) is 0 Å². The zero-order valence-electron chi connectivity index (χ0n) is 9.68. The Morgan fingerprint density at radius 1 is 1.59 bits per heavy atom. The number of carboxylic acid groups (broad SMARTS) is 1. The molecular weight excluding hydrogens is 302 g/mol. The Morgan fingerprint density at radius 2 is 2.29 bits per heavy atom. The first-order valence-corrected chi connectivity index (χ1v) is 7.07. The Bertz CT molecular complexity index is 452. The van der Waals surface area contributed by atoms with Gasteiger partial charge >= 0.3 is 5.97 Å². The zero-order valence-corrected chi connectivity index (χ0v) is 12.1. The van der Waals surface area contributed by atoms with Gasteiger partial charge < -0.3 is 10.0 Å². The molecule has 1 aromatic rings. The number of hydrogen-bond acceptors (Lipinski definition) is 3. The normalized spacial score (nSPS) is 23.4. The number of rotatable bonds is 2. The number of carbonyl (C=O) groups is 1. The minimum atomic E-state index is -0.735. The molecule has 1 heterocycles. The van der Waals surface area contributed by atoms with Crippen molar-refractivity contribution in [2.24, 2.45) is 0 Å². The molecule has 2 unspecified atom stereocenters. The highest BCUT2D eigenvalue weighted by molar-refractivity contribution is 9.10. The average molecular weight is 316 g/mol. The van der Waals surface area contributed by atoms with E-state index in [4.69, 9.17) is 5.11 Å². The molecule has 0 fully saturated rings. The second-order valence-corrected chi connectivity index (χ2v) is 6.41. The molecule has 17 heavy (non-hydrogen) atoms. The standard InChI is InChI=1S/C12H14BrNO2S/c1-7-10(6-12(15)16)17-11-5-8(13)3-4-9(11)14(7)2/h3-5,7,10H,6H2,1-2H3,(H,15,16). The fourth-order valence-electron chi connectivity index (χ4n) is 1.99. The average Bonchev–Trinajstić information content (AvgIpc) is 2.24. The molecule has 2 atom stereocenters. The van der Waals surface area contributed by atoms with Gasteiger partial charge in [-0.05, 0) is 25.1 Å². The summed E-state index contributed by atoms with van der Waals surface area (Å²) >= 11 is 5.11. The van der Waals surface area contributed by atoms with E-state index >= 15 is 0 Å². The molecule has 0 aliphatic carbocycles. The lowest BCUT2D eigenvalue weighted by Gasteiger charge is -2.38. The van der Waals surface area contributed by atoms with Crippen LogP contribution in [0.4, 0.5) is 5.69 Å². The molecular formula is C12H14BrNO2S. The van der Waals surface area contributed by atoms with Gasteiger partial charge in [0.05, 0.1) is 12.1 Å². The van der Waals surface area contributed by atoms with E-state index in [1.807, 2.05) is 13.1 Å². The smallest absolute Gasteiger partial charge is 0.304 e. The number of halogens is 1. The van der Waals surface area contributed by atoms with Gasteiger partial charge in [-0.1, -0.05) is 15.9 Å². The van der Waals surface area contributed by atoms with Crippen molar-refractivity contribution in [2.75, 3.05) is 11.9 Å². The van der Waals surface area contributed by atoms with Crippen LogP contribution < -0.4 is 4.90 Å². The first-order chi connectivity index (χ1) is 7.99. The SMILES string of the molecule is CC1C(CC(=O)O)Sc2cc(Br)ccc2N1C. The Kier molecular flexibility index (Phi) is 3.68. The van der Waals surface area contributed by atoms with Crippen molar-refractivity contribution >= 4 is 39.3 Å². The number of carboxylic acids is 1. The number of benzene rings is 1. The fraction of sp³-hybridized carbons (Fsp3) is 0.417. The Morgan fingerprint density at radius 3 is 2.94 bits per heavy atom. The van der Waals surface area contributed by atoms with E-state index in [1.54, 1.807) is 11.8 Å². The number of aliphatic carboxylic acids is 1.